The third-order valence-corrected chi connectivity index (χ3v) is 2.57. The van der Waals surface area contributed by atoms with Crippen LogP contribution in [0.5, 0.6) is 0 Å². The number of hydrogen-bond donors (Lipinski definition) is 0. The number of carbonyl (C=O) groups excluding carboxylic acids is 1. The van der Waals surface area contributed by atoms with Gasteiger partial charge in [-0.25, -0.2) is 0 Å². The molecule has 0 aliphatic carbocycles. The first-order chi connectivity index (χ1) is 7.22. The molecule has 0 atom stereocenters. The number of esters is 1. The van der Waals surface area contributed by atoms with E-state index in [4.69, 9.17) is 0 Å². The lowest BCUT2D eigenvalue weighted by Gasteiger charge is -1.89. The largest absolute Gasteiger partial charge is 0.469 e. The van der Waals surface area contributed by atoms with E-state index in [1.54, 1.807) is 23.5 Å². The van der Waals surface area contributed by atoms with E-state index in [2.05, 4.69) is 16.6 Å². The molecule has 0 spiro atoms. The lowest BCUT2D eigenvalue weighted by Crippen LogP contribution is -1.96. The Kier molecular flexibility index (Phi) is 4.65. The van der Waals surface area contributed by atoms with Gasteiger partial charge in [-0.15, -0.1) is 11.3 Å². The van der Waals surface area contributed by atoms with E-state index in [1.165, 1.54) is 12.0 Å². The zero-order valence-electron chi connectivity index (χ0n) is 8.74. The second kappa shape index (κ2) is 6.05. The molecule has 0 unspecified atom stereocenters. The zero-order chi connectivity index (χ0) is 11.1. The van der Waals surface area contributed by atoms with Gasteiger partial charge in [0.25, 0.3) is 0 Å². The lowest BCUT2D eigenvalue weighted by molar-refractivity contribution is -0.139. The molecule has 0 bridgehead atoms. The Morgan fingerprint density at radius 2 is 2.40 bits per heavy atom. The summed E-state index contributed by atoms with van der Waals surface area (Å²) in [6, 6.07) is 4.02. The molecule has 1 aromatic rings. The third kappa shape index (κ3) is 4.48. The highest BCUT2D eigenvalue weighted by molar-refractivity contribution is 7.12. The van der Waals surface area contributed by atoms with Gasteiger partial charge in [0, 0.05) is 4.88 Å². The Morgan fingerprint density at radius 3 is 3.00 bits per heavy atom. The van der Waals surface area contributed by atoms with Crippen molar-refractivity contribution in [1.82, 2.24) is 0 Å². The van der Waals surface area contributed by atoms with Gasteiger partial charge in [0.15, 0.2) is 0 Å². The van der Waals surface area contributed by atoms with Crippen molar-refractivity contribution in [1.29, 1.82) is 0 Å². The van der Waals surface area contributed by atoms with Gasteiger partial charge >= 0.3 is 5.97 Å². The number of hydrogen-bond acceptors (Lipinski definition) is 3. The van der Waals surface area contributed by atoms with Crippen LogP contribution in [0.2, 0.25) is 0 Å². The van der Waals surface area contributed by atoms with Gasteiger partial charge in [0.2, 0.25) is 0 Å². The topological polar surface area (TPSA) is 26.3 Å². The van der Waals surface area contributed by atoms with Crippen molar-refractivity contribution < 1.29 is 9.53 Å². The molecule has 1 aromatic heterocycles. The SMILES string of the molecule is COC(=O)CC=CC#Cc1ccc(C)s1. The Bertz CT molecular complexity index is 418. The van der Waals surface area contributed by atoms with Crippen molar-refractivity contribution in [3.05, 3.63) is 34.0 Å². The predicted octanol–water partition coefficient (Wildman–Crippen LogP) is 2.53. The maximum Gasteiger partial charge on any atom is 0.309 e. The molecule has 0 saturated carbocycles. The summed E-state index contributed by atoms with van der Waals surface area (Å²) in [6.07, 6.45) is 3.64. The molecule has 15 heavy (non-hydrogen) atoms. The highest BCUT2D eigenvalue weighted by Gasteiger charge is 1.92. The van der Waals surface area contributed by atoms with Gasteiger partial charge in [-0.05, 0) is 25.1 Å². The third-order valence-electron chi connectivity index (χ3n) is 1.65. The highest BCUT2D eigenvalue weighted by atomic mass is 32.1. The maximum absolute atomic E-state index is 10.7. The van der Waals surface area contributed by atoms with Crippen molar-refractivity contribution in [2.45, 2.75) is 13.3 Å². The molecule has 0 aliphatic heterocycles. The number of ether oxygens (including phenoxy) is 1. The summed E-state index contributed by atoms with van der Waals surface area (Å²) in [5, 5.41) is 0. The summed E-state index contributed by atoms with van der Waals surface area (Å²) in [7, 11) is 1.37. The summed E-state index contributed by atoms with van der Waals surface area (Å²) in [4.78, 5) is 13.0. The van der Waals surface area contributed by atoms with Crippen LogP contribution in [-0.4, -0.2) is 13.1 Å². The van der Waals surface area contributed by atoms with Crippen LogP contribution in [0.1, 0.15) is 16.2 Å². The minimum atomic E-state index is -0.250. The molecule has 0 saturated heterocycles. The van der Waals surface area contributed by atoms with E-state index < -0.39 is 0 Å². The van der Waals surface area contributed by atoms with Crippen LogP contribution in [0.4, 0.5) is 0 Å². The average Bonchev–Trinajstić information content (AvgIpc) is 2.63. The normalized spacial score (nSPS) is 9.73. The molecule has 3 heteroatoms. The van der Waals surface area contributed by atoms with Gasteiger partial charge < -0.3 is 4.74 Å². The molecule has 0 fully saturated rings. The summed E-state index contributed by atoms with van der Waals surface area (Å²) < 4.78 is 4.48. The van der Waals surface area contributed by atoms with E-state index in [0.29, 0.717) is 0 Å². The van der Waals surface area contributed by atoms with Crippen LogP contribution in [-0.2, 0) is 9.53 Å². The first-order valence-electron chi connectivity index (χ1n) is 4.52. The first-order valence-corrected chi connectivity index (χ1v) is 5.34. The van der Waals surface area contributed by atoms with E-state index in [1.807, 2.05) is 19.1 Å². The fraction of sp³-hybridized carbons (Fsp3) is 0.250. The maximum atomic E-state index is 10.7. The average molecular weight is 220 g/mol. The van der Waals surface area contributed by atoms with E-state index in [9.17, 15) is 4.79 Å². The molecule has 1 heterocycles. The molecule has 0 aromatic carbocycles. The molecule has 0 aliphatic rings. The second-order valence-corrected chi connectivity index (χ2v) is 4.15. The van der Waals surface area contributed by atoms with Crippen LogP contribution < -0.4 is 0 Å². The van der Waals surface area contributed by atoms with Crippen molar-refractivity contribution in [2.75, 3.05) is 7.11 Å². The smallest absolute Gasteiger partial charge is 0.309 e. The Hall–Kier alpha value is -1.53. The molecule has 0 N–H and O–H groups in total. The Labute approximate surface area is 93.6 Å². The quantitative estimate of drug-likeness (QED) is 0.565. The number of carbonyl (C=O) groups is 1. The molecule has 78 valence electrons. The number of methoxy groups -OCH3 is 1. The van der Waals surface area contributed by atoms with Crippen molar-refractivity contribution in [3.63, 3.8) is 0 Å². The second-order valence-electron chi connectivity index (χ2n) is 2.86. The van der Waals surface area contributed by atoms with Crippen LogP contribution in [0.25, 0.3) is 0 Å². The van der Waals surface area contributed by atoms with Crippen LogP contribution in [0.15, 0.2) is 24.3 Å². The van der Waals surface area contributed by atoms with Crippen molar-refractivity contribution in [3.8, 4) is 11.8 Å². The molecule has 0 amide bonds. The summed E-state index contributed by atoms with van der Waals surface area (Å²) in [5.74, 6) is 5.60. The Morgan fingerprint density at radius 1 is 1.60 bits per heavy atom. The highest BCUT2D eigenvalue weighted by Crippen LogP contribution is 2.12. The van der Waals surface area contributed by atoms with E-state index in [0.717, 1.165) is 4.88 Å². The van der Waals surface area contributed by atoms with Crippen molar-refractivity contribution in [2.24, 2.45) is 0 Å². The Balaban J connectivity index is 2.43. The fourth-order valence-corrected chi connectivity index (χ4v) is 1.64. The number of allylic oxidation sites excluding steroid dienone is 1. The fourth-order valence-electron chi connectivity index (χ4n) is 0.912. The van der Waals surface area contributed by atoms with Crippen LogP contribution in [0, 0.1) is 18.8 Å². The summed E-state index contributed by atoms with van der Waals surface area (Å²) in [5.41, 5.74) is 0. The number of aryl methyl sites for hydroxylation is 1. The van der Waals surface area contributed by atoms with Crippen molar-refractivity contribution >= 4 is 17.3 Å². The number of thiophene rings is 1. The summed E-state index contributed by atoms with van der Waals surface area (Å²) >= 11 is 1.66. The summed E-state index contributed by atoms with van der Waals surface area (Å²) in [6.45, 7) is 2.04. The predicted molar refractivity (Wildman–Crippen MR) is 61.7 cm³/mol. The van der Waals surface area contributed by atoms with Gasteiger partial charge in [-0.1, -0.05) is 17.9 Å². The van der Waals surface area contributed by atoms with Gasteiger partial charge in [0.1, 0.15) is 0 Å². The number of rotatable bonds is 2. The first kappa shape index (κ1) is 11.5. The van der Waals surface area contributed by atoms with E-state index in [-0.39, 0.29) is 12.4 Å². The van der Waals surface area contributed by atoms with Crippen LogP contribution >= 0.6 is 11.3 Å². The molecular formula is C12H12O2S. The zero-order valence-corrected chi connectivity index (χ0v) is 9.56. The van der Waals surface area contributed by atoms with Gasteiger partial charge in [0.05, 0.1) is 18.4 Å². The molecule has 1 rings (SSSR count). The monoisotopic (exact) mass is 220 g/mol. The molecular weight excluding hydrogens is 208 g/mol. The minimum absolute atomic E-state index is 0.250. The molecule has 2 nitrogen and oxygen atoms in total. The van der Waals surface area contributed by atoms with Gasteiger partial charge in [-0.2, -0.15) is 0 Å². The minimum Gasteiger partial charge on any atom is -0.469 e. The lowest BCUT2D eigenvalue weighted by atomic mass is 10.3. The van der Waals surface area contributed by atoms with Crippen LogP contribution in [0.3, 0.4) is 0 Å². The standard InChI is InChI=1S/C12H12O2S/c1-10-8-9-11(15-10)6-4-3-5-7-12(13)14-2/h3,5,8-9H,7H2,1-2H3. The molecule has 0 radical (unpaired) electrons. The van der Waals surface area contributed by atoms with Gasteiger partial charge in [-0.3, -0.25) is 4.79 Å². The van der Waals surface area contributed by atoms with E-state index >= 15 is 0 Å².